The summed E-state index contributed by atoms with van der Waals surface area (Å²) < 4.78 is 28.2. The smallest absolute Gasteiger partial charge is 0.170 e. The van der Waals surface area contributed by atoms with Crippen LogP contribution in [-0.2, 0) is 0 Å². The van der Waals surface area contributed by atoms with E-state index in [-0.39, 0.29) is 17.4 Å². The van der Waals surface area contributed by atoms with Crippen LogP contribution in [0.4, 0.5) is 8.78 Å². The topological polar surface area (TPSA) is 34.1 Å². The molecule has 0 aromatic heterocycles. The molecule has 0 aliphatic carbocycles. The van der Waals surface area contributed by atoms with Gasteiger partial charge in [-0.2, -0.15) is 0 Å². The van der Waals surface area contributed by atoms with Gasteiger partial charge in [-0.05, 0) is 57.3 Å². The number of benzene rings is 2. The zero-order valence-corrected chi connectivity index (χ0v) is 14.1. The number of hydrogen-bond acceptors (Lipinski definition) is 2. The third kappa shape index (κ3) is 2.62. The molecule has 0 fully saturated rings. The van der Waals surface area contributed by atoms with E-state index in [0.29, 0.717) is 24.6 Å². The molecular weight excluding hydrogens is 492 g/mol. The first-order chi connectivity index (χ1) is 9.51. The summed E-state index contributed by atoms with van der Waals surface area (Å²) in [6.07, 6.45) is 0.900. The van der Waals surface area contributed by atoms with Crippen LogP contribution in [0.15, 0.2) is 24.3 Å². The first-order valence-corrected chi connectivity index (χ1v) is 7.53. The van der Waals surface area contributed by atoms with Gasteiger partial charge in [0.05, 0.1) is 5.56 Å². The van der Waals surface area contributed by atoms with Crippen LogP contribution in [0.2, 0.25) is 0 Å². The molecule has 0 bridgehead atoms. The number of hydrogen-bond donors (Lipinski definition) is 0. The predicted octanol–water partition coefficient (Wildman–Crippen LogP) is 4.47. The zero-order chi connectivity index (χ0) is 14.9. The van der Waals surface area contributed by atoms with Crippen LogP contribution < -0.4 is 0 Å². The maximum Gasteiger partial charge on any atom is 0.170 e. The molecule has 2 aromatic carbocycles. The highest BCUT2D eigenvalue weighted by Gasteiger charge is 2.21. The molecule has 102 valence electrons. The molecule has 2 rings (SSSR count). The molecule has 0 spiro atoms. The summed E-state index contributed by atoms with van der Waals surface area (Å²) in [6, 6.07) is 5.99. The summed E-state index contributed by atoms with van der Waals surface area (Å²) in [6.45, 7) is 0. The van der Waals surface area contributed by atoms with Crippen molar-refractivity contribution in [3.63, 3.8) is 0 Å². The molecule has 0 amide bonds. The number of aldehydes is 2. The quantitative estimate of drug-likeness (QED) is 0.356. The molecule has 0 aliphatic rings. The van der Waals surface area contributed by atoms with Crippen LogP contribution in [-0.4, -0.2) is 12.6 Å². The molecule has 0 radical (unpaired) electrons. The second-order valence-corrected chi connectivity index (χ2v) is 6.21. The molecule has 0 heterocycles. The highest BCUT2D eigenvalue weighted by Crippen LogP contribution is 2.36. The molecule has 0 unspecified atom stereocenters. The van der Waals surface area contributed by atoms with Crippen LogP contribution in [0.3, 0.4) is 0 Å². The van der Waals surface area contributed by atoms with Gasteiger partial charge in [-0.1, -0.05) is 12.1 Å². The normalized spacial score (nSPS) is 10.4. The Bertz CT molecular complexity index is 715. The van der Waals surface area contributed by atoms with Gasteiger partial charge in [0.15, 0.2) is 24.2 Å². The van der Waals surface area contributed by atoms with Crippen molar-refractivity contribution in [2.45, 2.75) is 0 Å². The highest BCUT2D eigenvalue weighted by atomic mass is 127. The monoisotopic (exact) mass is 498 g/mol. The fraction of sp³-hybridized carbons (Fsp3) is 0. The van der Waals surface area contributed by atoms with Crippen molar-refractivity contribution in [3.8, 4) is 11.1 Å². The molecule has 6 heteroatoms. The minimum Gasteiger partial charge on any atom is -0.298 e. The van der Waals surface area contributed by atoms with Crippen LogP contribution in [0.5, 0.6) is 0 Å². The second-order valence-electron chi connectivity index (χ2n) is 3.88. The van der Waals surface area contributed by atoms with Crippen molar-refractivity contribution < 1.29 is 18.4 Å². The van der Waals surface area contributed by atoms with E-state index in [1.54, 1.807) is 18.2 Å². The number of rotatable bonds is 3. The minimum atomic E-state index is -1.20. The van der Waals surface area contributed by atoms with Crippen molar-refractivity contribution >= 4 is 57.8 Å². The number of carbonyl (C=O) groups excluding carboxylic acids is 2. The molecule has 0 atom stereocenters. The fourth-order valence-corrected chi connectivity index (χ4v) is 3.50. The van der Waals surface area contributed by atoms with Crippen molar-refractivity contribution in [1.29, 1.82) is 0 Å². The summed E-state index contributed by atoms with van der Waals surface area (Å²) in [5, 5.41) is 0. The summed E-state index contributed by atoms with van der Waals surface area (Å²) in [5.74, 6) is -2.29. The third-order valence-electron chi connectivity index (χ3n) is 2.75. The van der Waals surface area contributed by atoms with Crippen LogP contribution in [0, 0.1) is 18.8 Å². The van der Waals surface area contributed by atoms with Gasteiger partial charge < -0.3 is 0 Å². The average molecular weight is 498 g/mol. The highest BCUT2D eigenvalue weighted by molar-refractivity contribution is 14.1. The van der Waals surface area contributed by atoms with Crippen LogP contribution in [0.1, 0.15) is 20.7 Å². The van der Waals surface area contributed by atoms with Gasteiger partial charge in [0.25, 0.3) is 0 Å². The van der Waals surface area contributed by atoms with E-state index in [0.717, 1.165) is 6.07 Å². The lowest BCUT2D eigenvalue weighted by Crippen LogP contribution is -2.03. The lowest BCUT2D eigenvalue weighted by molar-refractivity contribution is 0.111. The lowest BCUT2D eigenvalue weighted by atomic mass is 9.96. The third-order valence-corrected chi connectivity index (χ3v) is 4.50. The Morgan fingerprint density at radius 2 is 1.65 bits per heavy atom. The van der Waals surface area contributed by atoms with Gasteiger partial charge in [-0.15, -0.1) is 0 Å². The van der Waals surface area contributed by atoms with Gasteiger partial charge in [0.2, 0.25) is 0 Å². The maximum absolute atomic E-state index is 13.8. The van der Waals surface area contributed by atoms with Crippen molar-refractivity contribution in [3.05, 3.63) is 54.2 Å². The van der Waals surface area contributed by atoms with E-state index < -0.39 is 11.6 Å². The van der Waals surface area contributed by atoms with E-state index >= 15 is 0 Å². The van der Waals surface area contributed by atoms with Crippen LogP contribution in [0.25, 0.3) is 11.1 Å². The average Bonchev–Trinajstić information content (AvgIpc) is 2.43. The van der Waals surface area contributed by atoms with Gasteiger partial charge in [-0.3, -0.25) is 9.59 Å². The molecular formula is C14H6F2I2O2. The summed E-state index contributed by atoms with van der Waals surface area (Å²) in [5.41, 5.74) is 0.630. The van der Waals surface area contributed by atoms with Crippen molar-refractivity contribution in [1.82, 2.24) is 0 Å². The van der Waals surface area contributed by atoms with E-state index in [1.165, 1.54) is 0 Å². The van der Waals surface area contributed by atoms with Crippen molar-refractivity contribution in [2.24, 2.45) is 0 Å². The number of halogens is 4. The SMILES string of the molecule is O=Cc1cccc(I)c1-c1c(I)cc(F)c(F)c1C=O. The molecule has 2 nitrogen and oxygen atoms in total. The summed E-state index contributed by atoms with van der Waals surface area (Å²) in [7, 11) is 0. The van der Waals surface area contributed by atoms with E-state index in [2.05, 4.69) is 0 Å². The largest absolute Gasteiger partial charge is 0.298 e. The molecule has 0 aliphatic heterocycles. The first kappa shape index (κ1) is 15.5. The molecule has 0 N–H and O–H groups in total. The Morgan fingerprint density at radius 1 is 0.950 bits per heavy atom. The standard InChI is InChI=1S/C14H6F2I2O2/c15-9-4-11(18)13(8(6-20)14(9)16)12-7(5-19)2-1-3-10(12)17/h1-6H. The molecule has 0 saturated carbocycles. The van der Waals surface area contributed by atoms with Gasteiger partial charge in [0.1, 0.15) is 0 Å². The first-order valence-electron chi connectivity index (χ1n) is 5.38. The van der Waals surface area contributed by atoms with E-state index in [9.17, 15) is 18.4 Å². The fourth-order valence-electron chi connectivity index (χ4n) is 1.88. The predicted molar refractivity (Wildman–Crippen MR) is 88.0 cm³/mol. The Hall–Kier alpha value is -0.900. The van der Waals surface area contributed by atoms with Gasteiger partial charge in [-0.25, -0.2) is 8.78 Å². The Kier molecular flexibility index (Phi) is 4.84. The minimum absolute atomic E-state index is 0.242. The maximum atomic E-state index is 13.8. The Labute approximate surface area is 140 Å². The van der Waals surface area contributed by atoms with E-state index in [1.807, 2.05) is 45.2 Å². The Morgan fingerprint density at radius 3 is 2.25 bits per heavy atom. The zero-order valence-electron chi connectivity index (χ0n) is 9.79. The summed E-state index contributed by atoms with van der Waals surface area (Å²) in [4.78, 5) is 22.3. The Balaban J connectivity index is 2.93. The second kappa shape index (κ2) is 6.25. The van der Waals surface area contributed by atoms with Gasteiger partial charge >= 0.3 is 0 Å². The molecule has 2 aromatic rings. The lowest BCUT2D eigenvalue weighted by Gasteiger charge is -2.13. The van der Waals surface area contributed by atoms with Gasteiger partial charge in [0, 0.05) is 23.8 Å². The van der Waals surface area contributed by atoms with E-state index in [4.69, 9.17) is 0 Å². The molecule has 20 heavy (non-hydrogen) atoms. The summed E-state index contributed by atoms with van der Waals surface area (Å²) >= 11 is 3.81. The van der Waals surface area contributed by atoms with Crippen LogP contribution >= 0.6 is 45.2 Å². The molecule has 0 saturated heterocycles. The van der Waals surface area contributed by atoms with Crippen molar-refractivity contribution in [2.75, 3.05) is 0 Å². The number of carbonyl (C=O) groups is 2.